The second-order valence-electron chi connectivity index (χ2n) is 11.0. The lowest BCUT2D eigenvalue weighted by atomic mass is 10.2. The molecule has 0 unspecified atom stereocenters. The lowest BCUT2D eigenvalue weighted by Crippen LogP contribution is -2.36. The van der Waals surface area contributed by atoms with Gasteiger partial charge in [-0.15, -0.1) is 11.3 Å². The standard InChI is InChI=1S/C29H35FN8O3S/c1-29(2,3)41-28(39)36(4)12-6-13-37-14-11-23-24(33-27(42-23)34-26-31-15-20(30)16-32-26)22-18-38(35-25(22)37)17-19-7-9-21(40-5)10-8-19/h7-10,15-16,18H,6,11-14,17H2,1-5H3,(H,31,32,33,34). The topological polar surface area (TPSA) is 111 Å². The number of nitrogens with one attached hydrogen (secondary N) is 1. The molecule has 5 rings (SSSR count). The van der Waals surface area contributed by atoms with E-state index in [9.17, 15) is 9.18 Å². The second kappa shape index (κ2) is 12.3. The smallest absolute Gasteiger partial charge is 0.410 e. The first-order valence-corrected chi connectivity index (χ1v) is 14.5. The van der Waals surface area contributed by atoms with Gasteiger partial charge in [0, 0.05) is 44.2 Å². The third-order valence-electron chi connectivity index (χ3n) is 6.57. The molecule has 1 aromatic carbocycles. The number of benzene rings is 1. The molecule has 0 saturated carbocycles. The van der Waals surface area contributed by atoms with Crippen LogP contribution in [0, 0.1) is 5.82 Å². The van der Waals surface area contributed by atoms with E-state index in [1.165, 1.54) is 11.3 Å². The van der Waals surface area contributed by atoms with Crippen molar-refractivity contribution in [1.82, 2.24) is 29.6 Å². The largest absolute Gasteiger partial charge is 0.497 e. The minimum absolute atomic E-state index is 0.284. The Hall–Kier alpha value is -4.26. The van der Waals surface area contributed by atoms with Gasteiger partial charge in [-0.05, 0) is 44.9 Å². The molecule has 0 saturated heterocycles. The second-order valence-corrected chi connectivity index (χ2v) is 12.1. The monoisotopic (exact) mass is 594 g/mol. The molecule has 4 aromatic rings. The van der Waals surface area contributed by atoms with Crippen LogP contribution in [0.3, 0.4) is 0 Å². The van der Waals surface area contributed by atoms with Crippen molar-refractivity contribution in [1.29, 1.82) is 0 Å². The number of carbonyl (C=O) groups excluding carboxylic acids is 1. The minimum Gasteiger partial charge on any atom is -0.497 e. The van der Waals surface area contributed by atoms with Gasteiger partial charge in [-0.1, -0.05) is 12.1 Å². The van der Waals surface area contributed by atoms with Gasteiger partial charge in [0.15, 0.2) is 16.8 Å². The summed E-state index contributed by atoms with van der Waals surface area (Å²) in [6, 6.07) is 7.92. The van der Waals surface area contributed by atoms with E-state index >= 15 is 0 Å². The van der Waals surface area contributed by atoms with E-state index in [2.05, 4.69) is 20.2 Å². The van der Waals surface area contributed by atoms with Crippen molar-refractivity contribution in [3.63, 3.8) is 0 Å². The average Bonchev–Trinajstić information content (AvgIpc) is 3.52. The Morgan fingerprint density at radius 3 is 2.62 bits per heavy atom. The molecular weight excluding hydrogens is 559 g/mol. The van der Waals surface area contributed by atoms with Crippen LogP contribution in [0.15, 0.2) is 42.9 Å². The van der Waals surface area contributed by atoms with Gasteiger partial charge in [0.05, 0.1) is 37.3 Å². The fourth-order valence-corrected chi connectivity index (χ4v) is 5.52. The van der Waals surface area contributed by atoms with Gasteiger partial charge in [0.2, 0.25) is 5.95 Å². The molecule has 1 N–H and O–H groups in total. The Morgan fingerprint density at radius 1 is 1.19 bits per heavy atom. The lowest BCUT2D eigenvalue weighted by Gasteiger charge is -2.26. The molecule has 42 heavy (non-hydrogen) atoms. The Labute approximate surface area is 248 Å². The molecule has 0 bridgehead atoms. The summed E-state index contributed by atoms with van der Waals surface area (Å²) in [6.07, 6.45) is 5.45. The van der Waals surface area contributed by atoms with Crippen LogP contribution in [0.25, 0.3) is 11.3 Å². The first kappa shape index (κ1) is 29.2. The summed E-state index contributed by atoms with van der Waals surface area (Å²) in [7, 11) is 3.41. The number of ether oxygens (including phenoxy) is 2. The number of methoxy groups -OCH3 is 1. The van der Waals surface area contributed by atoms with Gasteiger partial charge in [-0.3, -0.25) is 4.68 Å². The zero-order valence-electron chi connectivity index (χ0n) is 24.4. The fourth-order valence-electron chi connectivity index (χ4n) is 4.56. The number of nitrogens with zero attached hydrogens (tertiary/aromatic N) is 7. The van der Waals surface area contributed by atoms with Gasteiger partial charge in [-0.2, -0.15) is 5.10 Å². The van der Waals surface area contributed by atoms with Crippen molar-refractivity contribution in [3.05, 3.63) is 59.1 Å². The maximum absolute atomic E-state index is 13.3. The van der Waals surface area contributed by atoms with Crippen molar-refractivity contribution in [2.75, 3.05) is 44.0 Å². The van der Waals surface area contributed by atoms with E-state index in [1.54, 1.807) is 19.1 Å². The van der Waals surface area contributed by atoms with Crippen LogP contribution in [-0.4, -0.2) is 75.1 Å². The predicted molar refractivity (Wildman–Crippen MR) is 160 cm³/mol. The Bertz CT molecular complexity index is 1520. The summed E-state index contributed by atoms with van der Waals surface area (Å²) < 4.78 is 26.0. The molecule has 1 aliphatic heterocycles. The molecule has 3 aromatic heterocycles. The summed E-state index contributed by atoms with van der Waals surface area (Å²) in [5, 5.41) is 8.73. The number of halogens is 1. The molecule has 0 aliphatic carbocycles. The van der Waals surface area contributed by atoms with Crippen LogP contribution in [0.4, 0.5) is 26.1 Å². The lowest BCUT2D eigenvalue weighted by molar-refractivity contribution is 0.0298. The molecule has 1 aliphatic rings. The Kier molecular flexibility index (Phi) is 8.57. The number of amides is 1. The first-order chi connectivity index (χ1) is 20.1. The normalized spacial score (nSPS) is 12.8. The summed E-state index contributed by atoms with van der Waals surface area (Å²) in [5.41, 5.74) is 2.34. The van der Waals surface area contributed by atoms with E-state index in [0.717, 1.165) is 65.0 Å². The highest BCUT2D eigenvalue weighted by molar-refractivity contribution is 7.16. The average molecular weight is 595 g/mol. The number of rotatable bonds is 9. The molecule has 0 spiro atoms. The van der Waals surface area contributed by atoms with Gasteiger partial charge in [-0.25, -0.2) is 24.1 Å². The van der Waals surface area contributed by atoms with E-state index in [1.807, 2.05) is 55.9 Å². The molecule has 222 valence electrons. The molecule has 11 nitrogen and oxygen atoms in total. The van der Waals surface area contributed by atoms with Crippen LogP contribution < -0.4 is 15.0 Å². The maximum atomic E-state index is 13.3. The Morgan fingerprint density at radius 2 is 1.93 bits per heavy atom. The van der Waals surface area contributed by atoms with Crippen molar-refractivity contribution < 1.29 is 18.7 Å². The number of hydrogen-bond donors (Lipinski definition) is 1. The summed E-state index contributed by atoms with van der Waals surface area (Å²) in [6.45, 7) is 8.17. The van der Waals surface area contributed by atoms with Gasteiger partial charge < -0.3 is 24.6 Å². The quantitative estimate of drug-likeness (QED) is 0.274. The molecule has 1 amide bonds. The van der Waals surface area contributed by atoms with E-state index in [0.29, 0.717) is 24.8 Å². The van der Waals surface area contributed by atoms with E-state index < -0.39 is 11.4 Å². The summed E-state index contributed by atoms with van der Waals surface area (Å²) in [4.78, 5) is 30.3. The van der Waals surface area contributed by atoms with Crippen molar-refractivity contribution in [3.8, 4) is 17.0 Å². The van der Waals surface area contributed by atoms with Crippen LogP contribution in [-0.2, 0) is 17.7 Å². The van der Waals surface area contributed by atoms with Crippen LogP contribution in [0.2, 0.25) is 0 Å². The molecule has 0 radical (unpaired) electrons. The zero-order chi connectivity index (χ0) is 29.9. The SMILES string of the molecule is COc1ccc(Cn2cc3c(n2)N(CCCN(C)C(=O)OC(C)(C)C)CCc2sc(Nc4ncc(F)cn4)nc2-3)cc1. The van der Waals surface area contributed by atoms with Gasteiger partial charge in [0.1, 0.15) is 11.4 Å². The minimum atomic E-state index is -0.539. The third-order valence-corrected chi connectivity index (χ3v) is 7.60. The van der Waals surface area contributed by atoms with Crippen LogP contribution in [0.1, 0.15) is 37.6 Å². The predicted octanol–water partition coefficient (Wildman–Crippen LogP) is 5.36. The molecular formula is C29H35FN8O3S. The fraction of sp³-hybridized carbons (Fsp3) is 0.414. The van der Waals surface area contributed by atoms with Crippen molar-refractivity contribution >= 4 is 34.3 Å². The summed E-state index contributed by atoms with van der Waals surface area (Å²) >= 11 is 1.53. The number of anilines is 3. The number of carbonyl (C=O) groups is 1. The third kappa shape index (κ3) is 7.14. The molecule has 0 fully saturated rings. The molecule has 0 atom stereocenters. The van der Waals surface area contributed by atoms with Crippen LogP contribution >= 0.6 is 11.3 Å². The highest BCUT2D eigenvalue weighted by Gasteiger charge is 2.27. The van der Waals surface area contributed by atoms with Crippen molar-refractivity contribution in [2.24, 2.45) is 0 Å². The zero-order valence-corrected chi connectivity index (χ0v) is 25.2. The highest BCUT2D eigenvalue weighted by Crippen LogP contribution is 2.40. The van der Waals surface area contributed by atoms with E-state index in [4.69, 9.17) is 19.6 Å². The van der Waals surface area contributed by atoms with Crippen molar-refractivity contribution in [2.45, 2.75) is 45.8 Å². The summed E-state index contributed by atoms with van der Waals surface area (Å²) in [5.74, 6) is 1.43. The first-order valence-electron chi connectivity index (χ1n) is 13.7. The maximum Gasteiger partial charge on any atom is 0.410 e. The molecule has 4 heterocycles. The van der Waals surface area contributed by atoms with Crippen LogP contribution in [0.5, 0.6) is 5.75 Å². The van der Waals surface area contributed by atoms with Gasteiger partial charge >= 0.3 is 6.09 Å². The van der Waals surface area contributed by atoms with Gasteiger partial charge in [0.25, 0.3) is 0 Å². The Balaban J connectivity index is 1.37. The van der Waals surface area contributed by atoms with E-state index in [-0.39, 0.29) is 12.0 Å². The number of fused-ring (bicyclic) bond motifs is 3. The molecule has 13 heteroatoms. The number of aromatic nitrogens is 5. The highest BCUT2D eigenvalue weighted by atomic mass is 32.1. The number of thiazole rings is 1. The number of hydrogen-bond acceptors (Lipinski definition) is 10.